The van der Waals surface area contributed by atoms with Gasteiger partial charge in [0.2, 0.25) is 0 Å². The molecule has 1 aliphatic carbocycles. The summed E-state index contributed by atoms with van der Waals surface area (Å²) in [7, 11) is 0. The second-order valence-corrected chi connectivity index (χ2v) is 7.76. The highest BCUT2D eigenvalue weighted by atomic mass is 16.7. The van der Waals surface area contributed by atoms with Crippen LogP contribution in [0.4, 0.5) is 4.79 Å². The zero-order valence-corrected chi connectivity index (χ0v) is 16.9. The third-order valence-corrected chi connectivity index (χ3v) is 5.29. The Morgan fingerprint density at radius 1 is 1.31 bits per heavy atom. The summed E-state index contributed by atoms with van der Waals surface area (Å²) in [6, 6.07) is -1.50. The highest BCUT2D eigenvalue weighted by Gasteiger charge is 2.39. The van der Waals surface area contributed by atoms with Crippen LogP contribution in [-0.4, -0.2) is 96.0 Å². The first-order valence-corrected chi connectivity index (χ1v) is 10.5. The predicted molar refractivity (Wildman–Crippen MR) is 105 cm³/mol. The molecular weight excluding hydrogens is 382 g/mol. The predicted octanol–water partition coefficient (Wildman–Crippen LogP) is -1.55. The van der Waals surface area contributed by atoms with Crippen LogP contribution in [0.15, 0.2) is 0 Å². The number of aliphatic hydroxyl groups is 2. The van der Waals surface area contributed by atoms with E-state index in [2.05, 4.69) is 10.6 Å². The van der Waals surface area contributed by atoms with E-state index in [1.807, 2.05) is 0 Å². The van der Waals surface area contributed by atoms with Gasteiger partial charge in [0, 0.05) is 31.8 Å². The van der Waals surface area contributed by atoms with Gasteiger partial charge in [-0.05, 0) is 45.1 Å². The number of hydroxylamine groups is 2. The average molecular weight is 420 g/mol. The maximum atomic E-state index is 11.9. The Labute approximate surface area is 171 Å². The van der Waals surface area contributed by atoms with E-state index in [1.54, 1.807) is 0 Å². The molecule has 0 bridgehead atoms. The molecule has 11 heteroatoms. The fourth-order valence-electron chi connectivity index (χ4n) is 3.81. The molecule has 1 saturated heterocycles. The molecule has 1 heterocycles. The number of hydrogen-bond donors (Lipinski definition) is 7. The number of rotatable bonds is 10. The zero-order valence-electron chi connectivity index (χ0n) is 16.9. The highest BCUT2D eigenvalue weighted by molar-refractivity contribution is 5.73. The minimum absolute atomic E-state index is 0.0218. The van der Waals surface area contributed by atoms with Crippen molar-refractivity contribution in [2.45, 2.75) is 75.2 Å². The van der Waals surface area contributed by atoms with Crippen molar-refractivity contribution in [1.82, 2.24) is 15.7 Å². The Morgan fingerprint density at radius 3 is 2.79 bits per heavy atom. The molecule has 1 saturated carbocycles. The van der Waals surface area contributed by atoms with Gasteiger partial charge in [-0.25, -0.2) is 9.86 Å². The number of amides is 2. The van der Waals surface area contributed by atoms with Gasteiger partial charge in [0.05, 0.1) is 18.8 Å². The number of nitrogens with two attached hydrogens (primary N) is 2. The van der Waals surface area contributed by atoms with Gasteiger partial charge in [-0.1, -0.05) is 0 Å². The molecule has 6 atom stereocenters. The maximum absolute atomic E-state index is 11.9. The molecule has 2 amide bonds. The molecule has 9 N–H and O–H groups in total. The summed E-state index contributed by atoms with van der Waals surface area (Å²) in [5, 5.41) is 35.3. The second-order valence-electron chi connectivity index (χ2n) is 7.76. The number of urea groups is 1. The lowest BCUT2D eigenvalue weighted by atomic mass is 9.86. The number of nitrogens with one attached hydrogen (secondary N) is 2. The summed E-state index contributed by atoms with van der Waals surface area (Å²) in [5.74, 6) is 0. The summed E-state index contributed by atoms with van der Waals surface area (Å²) < 4.78 is 12.0. The molecule has 2 rings (SSSR count). The number of aliphatic hydroxyl groups excluding tert-OH is 2. The molecule has 4 unspecified atom stereocenters. The van der Waals surface area contributed by atoms with Crippen LogP contribution in [-0.2, 0) is 9.47 Å². The monoisotopic (exact) mass is 419 g/mol. The molecule has 0 aromatic rings. The van der Waals surface area contributed by atoms with Crippen LogP contribution in [0.5, 0.6) is 0 Å². The first-order chi connectivity index (χ1) is 13.9. The van der Waals surface area contributed by atoms with E-state index in [-0.39, 0.29) is 38.3 Å². The van der Waals surface area contributed by atoms with E-state index in [4.69, 9.17) is 26.0 Å². The number of nitrogens with zero attached hydrogens (tertiary/aromatic N) is 1. The molecule has 2 fully saturated rings. The Kier molecular flexibility index (Phi) is 10.5. The SMILES string of the molecule is NCCN(O)C(=O)NC1CC(N)[C@@H](O[C@@H]2CCCC(CNCCCO)O2)C(O)C1. The minimum atomic E-state index is -0.850. The molecule has 0 spiro atoms. The Hall–Kier alpha value is -1.05. The minimum Gasteiger partial charge on any atom is -0.396 e. The third-order valence-electron chi connectivity index (χ3n) is 5.29. The first kappa shape index (κ1) is 24.2. The first-order valence-electron chi connectivity index (χ1n) is 10.5. The van der Waals surface area contributed by atoms with Crippen LogP contribution in [0, 0.1) is 0 Å². The Morgan fingerprint density at radius 2 is 2.10 bits per heavy atom. The van der Waals surface area contributed by atoms with Crippen LogP contribution in [0.1, 0.15) is 38.5 Å². The summed E-state index contributed by atoms with van der Waals surface area (Å²) >= 11 is 0. The summed E-state index contributed by atoms with van der Waals surface area (Å²) in [6.45, 7) is 1.75. The lowest BCUT2D eigenvalue weighted by molar-refractivity contribution is -0.237. The van der Waals surface area contributed by atoms with Crippen LogP contribution >= 0.6 is 0 Å². The van der Waals surface area contributed by atoms with E-state index < -0.39 is 30.6 Å². The van der Waals surface area contributed by atoms with Crippen molar-refractivity contribution in [2.24, 2.45) is 11.5 Å². The standard InChI is InChI=1S/C18H37N5O6/c19-5-7-23(27)18(26)22-12-9-14(20)17(15(25)10-12)29-16-4-1-3-13(28-16)11-21-6-2-8-24/h12-17,21,24-25,27H,1-11,19-20H2,(H,22,26)/t12?,13?,14?,15?,16-,17-/m1/s1. The fourth-order valence-corrected chi connectivity index (χ4v) is 3.81. The van der Waals surface area contributed by atoms with Crippen molar-refractivity contribution in [1.29, 1.82) is 0 Å². The second kappa shape index (κ2) is 12.6. The van der Waals surface area contributed by atoms with Gasteiger partial charge in [-0.3, -0.25) is 5.21 Å². The van der Waals surface area contributed by atoms with E-state index in [0.29, 0.717) is 24.4 Å². The summed E-state index contributed by atoms with van der Waals surface area (Å²) in [5.41, 5.74) is 11.5. The molecular formula is C18H37N5O6. The number of ether oxygens (including phenoxy) is 2. The lowest BCUT2D eigenvalue weighted by Crippen LogP contribution is -2.58. The molecule has 0 radical (unpaired) electrons. The van der Waals surface area contributed by atoms with Gasteiger partial charge in [-0.2, -0.15) is 0 Å². The van der Waals surface area contributed by atoms with Crippen molar-refractivity contribution in [3.05, 3.63) is 0 Å². The van der Waals surface area contributed by atoms with Crippen LogP contribution in [0.3, 0.4) is 0 Å². The Bertz CT molecular complexity index is 476. The molecule has 11 nitrogen and oxygen atoms in total. The molecule has 1 aliphatic heterocycles. The lowest BCUT2D eigenvalue weighted by Gasteiger charge is -2.41. The normalized spacial score (nSPS) is 32.7. The molecule has 0 aromatic heterocycles. The van der Waals surface area contributed by atoms with Gasteiger partial charge < -0.3 is 41.8 Å². The van der Waals surface area contributed by atoms with Gasteiger partial charge >= 0.3 is 6.03 Å². The van der Waals surface area contributed by atoms with Crippen molar-refractivity contribution in [3.8, 4) is 0 Å². The van der Waals surface area contributed by atoms with Crippen molar-refractivity contribution in [2.75, 3.05) is 32.8 Å². The number of carbonyl (C=O) groups excluding carboxylic acids is 1. The Balaban J connectivity index is 1.77. The molecule has 2 aliphatic rings. The summed E-state index contributed by atoms with van der Waals surface area (Å²) in [6.07, 6.45) is 2.19. The highest BCUT2D eigenvalue weighted by Crippen LogP contribution is 2.27. The number of carbonyl (C=O) groups is 1. The smallest absolute Gasteiger partial charge is 0.341 e. The van der Waals surface area contributed by atoms with Gasteiger partial charge in [0.1, 0.15) is 6.10 Å². The van der Waals surface area contributed by atoms with Gasteiger partial charge in [-0.15, -0.1) is 0 Å². The topological polar surface area (TPSA) is 176 Å². The van der Waals surface area contributed by atoms with E-state index in [0.717, 1.165) is 25.8 Å². The molecule has 0 aromatic carbocycles. The van der Waals surface area contributed by atoms with Crippen LogP contribution in [0.2, 0.25) is 0 Å². The maximum Gasteiger partial charge on any atom is 0.341 e. The van der Waals surface area contributed by atoms with Crippen LogP contribution in [0.25, 0.3) is 0 Å². The average Bonchev–Trinajstić information content (AvgIpc) is 2.68. The third kappa shape index (κ3) is 7.95. The summed E-state index contributed by atoms with van der Waals surface area (Å²) in [4.78, 5) is 11.9. The fraction of sp³-hybridized carbons (Fsp3) is 0.944. The van der Waals surface area contributed by atoms with Crippen molar-refractivity contribution < 1.29 is 29.7 Å². The van der Waals surface area contributed by atoms with Crippen molar-refractivity contribution in [3.63, 3.8) is 0 Å². The molecule has 170 valence electrons. The van der Waals surface area contributed by atoms with Crippen molar-refractivity contribution >= 4 is 6.03 Å². The zero-order chi connectivity index (χ0) is 21.2. The van der Waals surface area contributed by atoms with E-state index >= 15 is 0 Å². The van der Waals surface area contributed by atoms with Gasteiger partial charge in [0.25, 0.3) is 0 Å². The quantitative estimate of drug-likeness (QED) is 0.125. The largest absolute Gasteiger partial charge is 0.396 e. The number of hydrogen-bond acceptors (Lipinski definition) is 9. The van der Waals surface area contributed by atoms with E-state index in [1.165, 1.54) is 0 Å². The van der Waals surface area contributed by atoms with Gasteiger partial charge in [0.15, 0.2) is 6.29 Å². The van der Waals surface area contributed by atoms with Crippen LogP contribution < -0.4 is 22.1 Å². The molecule has 29 heavy (non-hydrogen) atoms. The van der Waals surface area contributed by atoms with E-state index in [9.17, 15) is 15.1 Å².